The number of aromatic nitrogens is 3. The smallest absolute Gasteiger partial charge is 0.367 e. The number of piperidine rings is 1. The monoisotopic (exact) mass is 375 g/mol. The van der Waals surface area contributed by atoms with Crippen LogP contribution in [0.3, 0.4) is 0 Å². The van der Waals surface area contributed by atoms with E-state index >= 15 is 0 Å². The Labute approximate surface area is 154 Å². The van der Waals surface area contributed by atoms with E-state index in [-0.39, 0.29) is 0 Å². The molecule has 0 radical (unpaired) electrons. The molecule has 142 valence electrons. The van der Waals surface area contributed by atoms with Crippen molar-refractivity contribution in [1.29, 1.82) is 0 Å². The Morgan fingerprint density at radius 2 is 1.96 bits per heavy atom. The fraction of sp³-hybridized carbons (Fsp3) is 0.368. The molecule has 1 aliphatic rings. The van der Waals surface area contributed by atoms with Crippen LogP contribution in [0.25, 0.3) is 22.4 Å². The maximum absolute atomic E-state index is 12.9. The third-order valence-corrected chi connectivity index (χ3v) is 4.90. The molecule has 0 atom stereocenters. The summed E-state index contributed by atoms with van der Waals surface area (Å²) in [5.41, 5.74) is 1.07. The van der Waals surface area contributed by atoms with Gasteiger partial charge in [0.05, 0.1) is 22.8 Å². The number of aromatic amines is 1. The van der Waals surface area contributed by atoms with Gasteiger partial charge in [-0.25, -0.2) is 9.97 Å². The van der Waals surface area contributed by atoms with Crippen molar-refractivity contribution in [1.82, 2.24) is 19.9 Å². The summed E-state index contributed by atoms with van der Waals surface area (Å²) in [4.78, 5) is 14.2. The maximum Gasteiger partial charge on any atom is 0.416 e. The van der Waals surface area contributed by atoms with Crippen molar-refractivity contribution in [2.45, 2.75) is 25.1 Å². The van der Waals surface area contributed by atoms with Gasteiger partial charge in [0, 0.05) is 17.7 Å². The van der Waals surface area contributed by atoms with Crippen LogP contribution in [0.2, 0.25) is 0 Å². The van der Waals surface area contributed by atoms with Gasteiger partial charge in [-0.3, -0.25) is 0 Å². The number of benzene rings is 1. The quantitative estimate of drug-likeness (QED) is 0.722. The number of nitrogens with zero attached hydrogens (tertiary/aromatic N) is 3. The number of H-pyrrole nitrogens is 1. The lowest BCUT2D eigenvalue weighted by Gasteiger charge is -2.29. The molecule has 5 nitrogen and oxygen atoms in total. The summed E-state index contributed by atoms with van der Waals surface area (Å²) in [5, 5.41) is 3.43. The average Bonchev–Trinajstić information content (AvgIpc) is 3.06. The van der Waals surface area contributed by atoms with Crippen LogP contribution in [0.15, 0.2) is 36.5 Å². The summed E-state index contributed by atoms with van der Waals surface area (Å²) in [6.07, 6.45) is -0.621. The lowest BCUT2D eigenvalue weighted by atomic mass is 10.1. The van der Waals surface area contributed by atoms with Gasteiger partial charge in [0.1, 0.15) is 11.6 Å². The maximum atomic E-state index is 12.9. The topological polar surface area (TPSA) is 56.8 Å². The van der Waals surface area contributed by atoms with Gasteiger partial charge >= 0.3 is 6.18 Å². The third-order valence-electron chi connectivity index (χ3n) is 4.90. The van der Waals surface area contributed by atoms with E-state index in [1.54, 1.807) is 12.3 Å². The molecule has 1 aromatic carbocycles. The van der Waals surface area contributed by atoms with Crippen molar-refractivity contribution >= 4 is 16.9 Å². The molecular formula is C19H20F3N5. The number of anilines is 1. The predicted molar refractivity (Wildman–Crippen MR) is 98.5 cm³/mol. The number of halogens is 3. The second-order valence-electron chi connectivity index (χ2n) is 6.97. The van der Waals surface area contributed by atoms with E-state index in [0.717, 1.165) is 43.9 Å². The highest BCUT2D eigenvalue weighted by atomic mass is 19.4. The molecule has 0 bridgehead atoms. The number of nitrogens with one attached hydrogen (secondary N) is 2. The summed E-state index contributed by atoms with van der Waals surface area (Å²) in [7, 11) is 2.11. The fourth-order valence-corrected chi connectivity index (χ4v) is 3.33. The van der Waals surface area contributed by atoms with E-state index < -0.39 is 11.7 Å². The Morgan fingerprint density at radius 1 is 1.19 bits per heavy atom. The van der Waals surface area contributed by atoms with Crippen molar-refractivity contribution in [2.75, 3.05) is 25.5 Å². The molecule has 0 amide bonds. The Morgan fingerprint density at radius 3 is 2.70 bits per heavy atom. The first-order valence-corrected chi connectivity index (χ1v) is 8.87. The van der Waals surface area contributed by atoms with Crippen LogP contribution >= 0.6 is 0 Å². The van der Waals surface area contributed by atoms with E-state index in [1.807, 2.05) is 6.07 Å². The van der Waals surface area contributed by atoms with Crippen molar-refractivity contribution in [2.24, 2.45) is 0 Å². The SMILES string of the molecule is CN1CCC(Nc2cc3nc(-c4cccc(C(F)(F)F)c4)[nH]c3cn2)CC1. The highest BCUT2D eigenvalue weighted by molar-refractivity contribution is 5.81. The number of hydrogen-bond donors (Lipinski definition) is 2. The third kappa shape index (κ3) is 3.90. The van der Waals surface area contributed by atoms with E-state index in [4.69, 9.17) is 0 Å². The molecule has 3 aromatic rings. The van der Waals surface area contributed by atoms with Crippen LogP contribution in [0.5, 0.6) is 0 Å². The van der Waals surface area contributed by atoms with Gasteiger partial charge in [-0.2, -0.15) is 13.2 Å². The second-order valence-corrected chi connectivity index (χ2v) is 6.97. The molecule has 2 N–H and O–H groups in total. The number of hydrogen-bond acceptors (Lipinski definition) is 4. The van der Waals surface area contributed by atoms with Crippen molar-refractivity contribution in [3.05, 3.63) is 42.1 Å². The van der Waals surface area contributed by atoms with Crippen LogP contribution < -0.4 is 5.32 Å². The van der Waals surface area contributed by atoms with Gasteiger partial charge in [0.15, 0.2) is 0 Å². The molecule has 1 aliphatic heterocycles. The Bertz CT molecular complexity index is 942. The first kappa shape index (κ1) is 17.8. The Hall–Kier alpha value is -2.61. The van der Waals surface area contributed by atoms with Crippen molar-refractivity contribution in [3.8, 4) is 11.4 Å². The highest BCUT2D eigenvalue weighted by Crippen LogP contribution is 2.32. The molecule has 4 rings (SSSR count). The number of fused-ring (bicyclic) bond motifs is 1. The van der Waals surface area contributed by atoms with Crippen molar-refractivity contribution in [3.63, 3.8) is 0 Å². The number of imidazole rings is 1. The van der Waals surface area contributed by atoms with Crippen LogP contribution in [0.1, 0.15) is 18.4 Å². The van der Waals surface area contributed by atoms with E-state index in [9.17, 15) is 13.2 Å². The molecule has 2 aromatic heterocycles. The van der Waals surface area contributed by atoms with Gasteiger partial charge in [0.25, 0.3) is 0 Å². The molecule has 0 saturated carbocycles. The highest BCUT2D eigenvalue weighted by Gasteiger charge is 2.30. The van der Waals surface area contributed by atoms with Gasteiger partial charge in [-0.05, 0) is 45.1 Å². The molecule has 0 aliphatic carbocycles. The minimum Gasteiger partial charge on any atom is -0.367 e. The Balaban J connectivity index is 1.58. The molecular weight excluding hydrogens is 355 g/mol. The van der Waals surface area contributed by atoms with Gasteiger partial charge in [-0.15, -0.1) is 0 Å². The van der Waals surface area contributed by atoms with Crippen LogP contribution in [-0.4, -0.2) is 46.0 Å². The van der Waals surface area contributed by atoms with Gasteiger partial charge in [0.2, 0.25) is 0 Å². The zero-order chi connectivity index (χ0) is 19.0. The van der Waals surface area contributed by atoms with E-state index in [1.165, 1.54) is 6.07 Å². The minimum atomic E-state index is -4.38. The van der Waals surface area contributed by atoms with Crippen LogP contribution in [-0.2, 0) is 6.18 Å². The summed E-state index contributed by atoms with van der Waals surface area (Å²) < 4.78 is 38.8. The van der Waals surface area contributed by atoms with E-state index in [2.05, 4.69) is 32.2 Å². The lowest BCUT2D eigenvalue weighted by Crippen LogP contribution is -2.36. The van der Waals surface area contributed by atoms with Crippen LogP contribution in [0.4, 0.5) is 19.0 Å². The Kier molecular flexibility index (Phi) is 4.51. The lowest BCUT2D eigenvalue weighted by molar-refractivity contribution is -0.137. The molecule has 3 heterocycles. The van der Waals surface area contributed by atoms with Crippen molar-refractivity contribution < 1.29 is 13.2 Å². The minimum absolute atomic E-state index is 0.369. The molecule has 0 spiro atoms. The first-order chi connectivity index (χ1) is 12.9. The molecule has 8 heteroatoms. The molecule has 1 fully saturated rings. The number of rotatable bonds is 3. The molecule has 27 heavy (non-hydrogen) atoms. The van der Waals surface area contributed by atoms with E-state index in [0.29, 0.717) is 28.5 Å². The fourth-order valence-electron chi connectivity index (χ4n) is 3.33. The van der Waals surface area contributed by atoms with Gasteiger partial charge in [-0.1, -0.05) is 12.1 Å². The summed E-state index contributed by atoms with van der Waals surface area (Å²) in [5.74, 6) is 1.13. The normalized spacial score (nSPS) is 16.7. The first-order valence-electron chi connectivity index (χ1n) is 8.87. The second kappa shape index (κ2) is 6.84. The summed E-state index contributed by atoms with van der Waals surface area (Å²) >= 11 is 0. The standard InChI is InChI=1S/C19H20F3N5/c1-27-7-5-14(6-8-27)24-17-10-15-16(11-23-17)26-18(25-15)12-3-2-4-13(9-12)19(20,21)22/h2-4,9-11,14H,5-8H2,1H3,(H,23,24)(H,25,26). The average molecular weight is 375 g/mol. The zero-order valence-electron chi connectivity index (χ0n) is 14.8. The van der Waals surface area contributed by atoms with Crippen LogP contribution in [0, 0.1) is 0 Å². The zero-order valence-corrected chi connectivity index (χ0v) is 14.8. The molecule has 1 saturated heterocycles. The number of likely N-dealkylation sites (tertiary alicyclic amines) is 1. The predicted octanol–water partition coefficient (Wildman–Crippen LogP) is 4.15. The number of pyridine rings is 1. The summed E-state index contributed by atoms with van der Waals surface area (Å²) in [6.45, 7) is 2.09. The van der Waals surface area contributed by atoms with Gasteiger partial charge < -0.3 is 15.2 Å². The largest absolute Gasteiger partial charge is 0.416 e. The summed E-state index contributed by atoms with van der Waals surface area (Å²) in [6, 6.07) is 7.35. The number of alkyl halides is 3. The molecule has 0 unspecified atom stereocenters.